The van der Waals surface area contributed by atoms with Crippen LogP contribution >= 0.6 is 0 Å². The average Bonchev–Trinajstić information content (AvgIpc) is 4.04. The molecule has 1 radical (unpaired) electrons. The predicted octanol–water partition coefficient (Wildman–Crippen LogP) is 14.3. The molecule has 0 atom stereocenters. The van der Waals surface area contributed by atoms with Gasteiger partial charge in [0.15, 0.2) is 0 Å². The molecule has 0 spiro atoms. The Hall–Kier alpha value is -6.14. The first-order valence-electron chi connectivity index (χ1n) is 21.8. The largest absolute Gasteiger partial charge is 2.00 e. The first-order valence-corrected chi connectivity index (χ1v) is 21.8. The van der Waals surface area contributed by atoms with Gasteiger partial charge in [-0.1, -0.05) is 94.7 Å². The van der Waals surface area contributed by atoms with E-state index >= 15 is 0 Å². The third-order valence-corrected chi connectivity index (χ3v) is 12.4. The van der Waals surface area contributed by atoms with Crippen molar-refractivity contribution in [3.63, 3.8) is 0 Å². The first-order chi connectivity index (χ1) is 30.0. The Balaban J connectivity index is 0.00000560. The summed E-state index contributed by atoms with van der Waals surface area (Å²) in [7, 11) is 0. The molecule has 7 heteroatoms. The second kappa shape index (κ2) is 16.8. The normalized spacial score (nSPS) is 12.2. The van der Waals surface area contributed by atoms with E-state index in [9.17, 15) is 5.21 Å². The second-order valence-electron chi connectivity index (χ2n) is 18.7. The fraction of sp³-hybridized carbons (Fsp3) is 0.228. The topological polar surface area (TPSA) is 77.1 Å². The van der Waals surface area contributed by atoms with Crippen molar-refractivity contribution >= 4 is 52.1 Å². The van der Waals surface area contributed by atoms with Gasteiger partial charge in [0.1, 0.15) is 0 Å². The standard InChI is InChI=1S/C57H54N5O.Zn/c1-31-25-34(4)50(35(5)26-31)54-44-19-17-42(58-44)53(40-13-15-41(16-14-40)62(63)57(10,11)12)43-18-20-45(59-43)55(51-36(6)27-32(2)28-37(51)7)47-22-24-49(61-47)56(48-23-21-46(54)60-48)52-38(8)29-33(3)30-39(52)9;/h13-30H,1-12H3;/q-2;+2. The molecule has 0 saturated heterocycles. The molecule has 9 rings (SSSR count). The van der Waals surface area contributed by atoms with Crippen LogP contribution in [0.2, 0.25) is 0 Å². The van der Waals surface area contributed by atoms with Gasteiger partial charge >= 0.3 is 19.5 Å². The van der Waals surface area contributed by atoms with Crippen LogP contribution in [-0.4, -0.2) is 15.5 Å². The molecule has 6 nitrogen and oxygen atoms in total. The van der Waals surface area contributed by atoms with E-state index in [0.717, 1.165) is 117 Å². The molecule has 0 saturated carbocycles. The van der Waals surface area contributed by atoms with Crippen LogP contribution in [0.15, 0.2) is 84.9 Å². The van der Waals surface area contributed by atoms with E-state index in [2.05, 4.69) is 147 Å². The molecular weight excluding hydrogens is 836 g/mol. The van der Waals surface area contributed by atoms with E-state index in [1.54, 1.807) is 0 Å². The molecule has 0 N–H and O–H groups in total. The Kier molecular flexibility index (Phi) is 11.7. The number of aryl methyl sites for hydroxylation is 9. The summed E-state index contributed by atoms with van der Waals surface area (Å²) in [5.41, 5.74) is 25.4. The van der Waals surface area contributed by atoms with Crippen LogP contribution in [0.1, 0.15) is 93.6 Å². The SMILES string of the molecule is Cc1cc(C)c(-c2c3nc(c(-c4c(C)cc(C)cc4C)c4ccc([n-]4)c(-c4c(C)cc(C)cc4C)c4nc(c(-c5ccc(N([O])C(C)(C)C)cc5)c5ccc2[n-]5)C=C4)C=C3)c(C)c1.[Zn+2]. The van der Waals surface area contributed by atoms with E-state index in [-0.39, 0.29) is 19.5 Å². The fourth-order valence-corrected chi connectivity index (χ4v) is 10.0. The number of fused-ring (bicyclic) bond motifs is 8. The Morgan fingerprint density at radius 2 is 0.688 bits per heavy atom. The molecule has 3 aromatic heterocycles. The number of nitrogens with zero attached hydrogens (tertiary/aromatic N) is 5. The zero-order valence-electron chi connectivity index (χ0n) is 39.2. The number of hydroxylamine groups is 1. The zero-order valence-corrected chi connectivity index (χ0v) is 42.2. The molecular formula is C57H54N5OZn. The maximum atomic E-state index is 13.3. The smallest absolute Gasteiger partial charge is 0.657 e. The van der Waals surface area contributed by atoms with Crippen molar-refractivity contribution in [1.82, 2.24) is 19.9 Å². The van der Waals surface area contributed by atoms with E-state index in [4.69, 9.17) is 19.9 Å². The van der Waals surface area contributed by atoms with Crippen LogP contribution in [0.3, 0.4) is 0 Å². The molecule has 8 bridgehead atoms. The third-order valence-electron chi connectivity index (χ3n) is 12.4. The summed E-state index contributed by atoms with van der Waals surface area (Å²) in [6.45, 7) is 25.3. The van der Waals surface area contributed by atoms with Crippen molar-refractivity contribution in [2.75, 3.05) is 5.06 Å². The minimum Gasteiger partial charge on any atom is -0.657 e. The quantitative estimate of drug-likeness (QED) is 0.127. The number of rotatable bonds is 5. The minimum atomic E-state index is -0.586. The van der Waals surface area contributed by atoms with Gasteiger partial charge in [-0.2, -0.15) is 0 Å². The van der Waals surface area contributed by atoms with Gasteiger partial charge in [-0.05, 0) is 197 Å². The summed E-state index contributed by atoms with van der Waals surface area (Å²) in [6.07, 6.45) is 8.52. The van der Waals surface area contributed by atoms with Crippen molar-refractivity contribution in [3.8, 4) is 44.5 Å². The summed E-state index contributed by atoms with van der Waals surface area (Å²) >= 11 is 0. The van der Waals surface area contributed by atoms with Gasteiger partial charge in [0.25, 0.3) is 0 Å². The summed E-state index contributed by atoms with van der Waals surface area (Å²) in [4.78, 5) is 22.2. The van der Waals surface area contributed by atoms with E-state index in [1.165, 1.54) is 27.8 Å². The van der Waals surface area contributed by atoms with Crippen LogP contribution in [0, 0.1) is 62.3 Å². The molecule has 315 valence electrons. The maximum Gasteiger partial charge on any atom is 2.00 e. The Labute approximate surface area is 390 Å². The number of hydrogen-bond donors (Lipinski definition) is 0. The van der Waals surface area contributed by atoms with Crippen LogP contribution in [0.25, 0.3) is 90.9 Å². The van der Waals surface area contributed by atoms with Crippen molar-refractivity contribution in [2.45, 2.75) is 88.6 Å². The monoisotopic (exact) mass is 888 g/mol. The van der Waals surface area contributed by atoms with Crippen LogP contribution in [0.4, 0.5) is 5.69 Å². The molecule has 0 aliphatic carbocycles. The Morgan fingerprint density at radius 1 is 0.406 bits per heavy atom. The molecule has 5 heterocycles. The fourth-order valence-electron chi connectivity index (χ4n) is 10.0. The van der Waals surface area contributed by atoms with E-state index in [1.807, 2.05) is 45.0 Å². The molecule has 0 unspecified atom stereocenters. The predicted molar refractivity (Wildman–Crippen MR) is 264 cm³/mol. The van der Waals surface area contributed by atoms with Crippen molar-refractivity contribution in [1.29, 1.82) is 0 Å². The van der Waals surface area contributed by atoms with Gasteiger partial charge in [-0.15, -0.1) is 22.1 Å². The summed E-state index contributed by atoms with van der Waals surface area (Å²) in [5, 5.41) is 14.4. The Bertz CT molecular complexity index is 3140. The van der Waals surface area contributed by atoms with Gasteiger partial charge in [-0.3, -0.25) is 0 Å². The number of hydrogen-bond acceptors (Lipinski definition) is 3. The first kappa shape index (κ1) is 44.5. The third kappa shape index (κ3) is 7.90. The maximum absolute atomic E-state index is 13.3. The van der Waals surface area contributed by atoms with Crippen LogP contribution in [0.5, 0.6) is 0 Å². The molecule has 7 aromatic rings. The van der Waals surface area contributed by atoms with Gasteiger partial charge in [-0.25, -0.2) is 15.0 Å². The number of aromatic nitrogens is 4. The molecule has 64 heavy (non-hydrogen) atoms. The number of benzene rings is 4. The molecule has 0 fully saturated rings. The summed E-state index contributed by atoms with van der Waals surface area (Å²) in [6, 6.07) is 29.8. The van der Waals surface area contributed by atoms with Crippen molar-refractivity contribution in [2.24, 2.45) is 0 Å². The van der Waals surface area contributed by atoms with Gasteiger partial charge in [0.2, 0.25) is 0 Å². The van der Waals surface area contributed by atoms with Crippen LogP contribution in [-0.2, 0) is 24.7 Å². The van der Waals surface area contributed by atoms with Crippen LogP contribution < -0.4 is 15.0 Å². The molecule has 2 aliphatic heterocycles. The molecule has 4 aromatic carbocycles. The molecule has 0 amide bonds. The van der Waals surface area contributed by atoms with Gasteiger partial charge in [0.05, 0.1) is 34.0 Å². The average molecular weight is 890 g/mol. The van der Waals surface area contributed by atoms with Crippen molar-refractivity contribution < 1.29 is 24.7 Å². The second-order valence-corrected chi connectivity index (χ2v) is 18.7. The van der Waals surface area contributed by atoms with Gasteiger partial charge in [0, 0.05) is 0 Å². The molecule has 2 aliphatic rings. The van der Waals surface area contributed by atoms with Gasteiger partial charge < -0.3 is 9.97 Å². The van der Waals surface area contributed by atoms with E-state index in [0.29, 0.717) is 5.69 Å². The zero-order chi connectivity index (χ0) is 44.6. The number of anilines is 1. The minimum absolute atomic E-state index is 0. The van der Waals surface area contributed by atoms with E-state index < -0.39 is 5.54 Å². The summed E-state index contributed by atoms with van der Waals surface area (Å²) < 4.78 is 0. The Morgan fingerprint density at radius 3 is 0.984 bits per heavy atom. The summed E-state index contributed by atoms with van der Waals surface area (Å²) in [5.74, 6) is 0. The van der Waals surface area contributed by atoms with Crippen molar-refractivity contribution in [3.05, 3.63) is 158 Å².